The van der Waals surface area contributed by atoms with E-state index in [2.05, 4.69) is 0 Å². The molecule has 0 amide bonds. The van der Waals surface area contributed by atoms with Gasteiger partial charge in [-0.25, -0.2) is 16.8 Å². The zero-order valence-corrected chi connectivity index (χ0v) is 17.4. The summed E-state index contributed by atoms with van der Waals surface area (Å²) in [7, 11) is 2.78. The van der Waals surface area contributed by atoms with Crippen LogP contribution < -0.4 is 0 Å². The number of fused-ring (bicyclic) bond motifs is 2. The lowest BCUT2D eigenvalue weighted by molar-refractivity contribution is 0.607. The predicted octanol–water partition coefficient (Wildman–Crippen LogP) is 5.46. The van der Waals surface area contributed by atoms with Gasteiger partial charge in [0.2, 0.25) is 0 Å². The quantitative estimate of drug-likeness (QED) is 0.452. The molecule has 1 heterocycles. The van der Waals surface area contributed by atoms with Crippen LogP contribution in [0.5, 0.6) is 0 Å². The van der Waals surface area contributed by atoms with Crippen LogP contribution in [0.1, 0.15) is 0 Å². The molecule has 3 rings (SSSR count). The SMILES string of the molecule is O=S(=O)(Cl)c1cc2c(cc1Cl)Sc1cc(S(=O)(=O)Cl)c(Cl)cc1S2. The number of rotatable bonds is 2. The van der Waals surface area contributed by atoms with E-state index in [0.29, 0.717) is 19.6 Å². The van der Waals surface area contributed by atoms with Gasteiger partial charge in [-0.2, -0.15) is 0 Å². The largest absolute Gasteiger partial charge is 0.262 e. The van der Waals surface area contributed by atoms with Gasteiger partial charge in [-0.15, -0.1) is 0 Å². The lowest BCUT2D eigenvalue weighted by Gasteiger charge is -2.20. The van der Waals surface area contributed by atoms with Gasteiger partial charge in [-0.1, -0.05) is 46.7 Å². The summed E-state index contributed by atoms with van der Waals surface area (Å²) in [6.07, 6.45) is 0. The monoisotopic (exact) mass is 480 g/mol. The van der Waals surface area contributed by atoms with Crippen LogP contribution in [0.15, 0.2) is 53.6 Å². The smallest absolute Gasteiger partial charge is 0.207 e. The van der Waals surface area contributed by atoms with Gasteiger partial charge in [-0.3, -0.25) is 0 Å². The molecule has 0 saturated heterocycles. The predicted molar refractivity (Wildman–Crippen MR) is 97.2 cm³/mol. The summed E-state index contributed by atoms with van der Waals surface area (Å²) in [4.78, 5) is 2.20. The molecule has 1 aliphatic rings. The van der Waals surface area contributed by atoms with Gasteiger partial charge in [0.15, 0.2) is 0 Å². The average Bonchev–Trinajstić information content (AvgIpc) is 2.41. The van der Waals surface area contributed by atoms with Crippen LogP contribution in [-0.2, 0) is 18.1 Å². The van der Waals surface area contributed by atoms with E-state index in [-0.39, 0.29) is 19.8 Å². The molecule has 0 unspecified atom stereocenters. The molecule has 0 atom stereocenters. The minimum atomic E-state index is -3.98. The highest BCUT2D eigenvalue weighted by Gasteiger charge is 2.26. The molecule has 4 nitrogen and oxygen atoms in total. The van der Waals surface area contributed by atoms with Gasteiger partial charge in [-0.05, 0) is 24.3 Å². The number of halogens is 4. The molecule has 0 bridgehead atoms. The molecule has 0 aliphatic carbocycles. The molecular formula is C12H4Cl4O4S4. The Morgan fingerprint density at radius 2 is 0.917 bits per heavy atom. The second kappa shape index (κ2) is 6.42. The zero-order valence-electron chi connectivity index (χ0n) is 11.1. The Hall–Kier alpha value is 0.200. The first kappa shape index (κ1) is 19.0. The van der Waals surface area contributed by atoms with E-state index in [1.54, 1.807) is 0 Å². The summed E-state index contributed by atoms with van der Waals surface area (Å²) < 4.78 is 46.2. The van der Waals surface area contributed by atoms with Gasteiger partial charge >= 0.3 is 0 Å². The first-order valence-electron chi connectivity index (χ1n) is 5.89. The van der Waals surface area contributed by atoms with Crippen molar-refractivity contribution in [3.63, 3.8) is 0 Å². The first-order chi connectivity index (χ1) is 11.0. The summed E-state index contributed by atoms with van der Waals surface area (Å²) in [5.41, 5.74) is 0. The Balaban J connectivity index is 2.15. The van der Waals surface area contributed by atoms with E-state index in [9.17, 15) is 16.8 Å². The van der Waals surface area contributed by atoms with E-state index < -0.39 is 18.1 Å². The van der Waals surface area contributed by atoms with Crippen molar-refractivity contribution in [3.8, 4) is 0 Å². The summed E-state index contributed by atoms with van der Waals surface area (Å²) >= 11 is 14.4. The molecule has 0 spiro atoms. The molecule has 1 aliphatic heterocycles. The van der Waals surface area contributed by atoms with E-state index in [0.717, 1.165) is 0 Å². The molecule has 0 saturated carbocycles. The molecule has 0 radical (unpaired) electrons. The van der Waals surface area contributed by atoms with Crippen molar-refractivity contribution in [1.29, 1.82) is 0 Å². The van der Waals surface area contributed by atoms with Crippen LogP contribution in [-0.4, -0.2) is 16.8 Å². The van der Waals surface area contributed by atoms with Crippen molar-refractivity contribution in [3.05, 3.63) is 34.3 Å². The highest BCUT2D eigenvalue weighted by molar-refractivity contribution is 8.14. The van der Waals surface area contributed by atoms with Crippen molar-refractivity contribution in [1.82, 2.24) is 0 Å². The Morgan fingerprint density at radius 1 is 0.625 bits per heavy atom. The second-order valence-electron chi connectivity index (χ2n) is 4.54. The van der Waals surface area contributed by atoms with E-state index >= 15 is 0 Å². The lowest BCUT2D eigenvalue weighted by Crippen LogP contribution is -1.98. The Labute approximate surface area is 165 Å². The standard InChI is InChI=1S/C12H4Cl4O4S4/c13-5-1-7-9(3-11(5)23(15,17)18)22-8-2-6(14)12(24(16,19)20)4-10(8)21-7/h1-4H. The van der Waals surface area contributed by atoms with Gasteiger partial charge < -0.3 is 0 Å². The van der Waals surface area contributed by atoms with Crippen molar-refractivity contribution < 1.29 is 16.8 Å². The van der Waals surface area contributed by atoms with Crippen molar-refractivity contribution in [2.45, 2.75) is 29.4 Å². The molecule has 128 valence electrons. The normalized spacial score (nSPS) is 14.2. The van der Waals surface area contributed by atoms with E-state index in [1.807, 2.05) is 0 Å². The fourth-order valence-electron chi connectivity index (χ4n) is 1.96. The van der Waals surface area contributed by atoms with Crippen LogP contribution >= 0.6 is 68.1 Å². The highest BCUT2D eigenvalue weighted by Crippen LogP contribution is 2.52. The van der Waals surface area contributed by atoms with Crippen LogP contribution in [0.3, 0.4) is 0 Å². The van der Waals surface area contributed by atoms with Gasteiger partial charge in [0.1, 0.15) is 9.79 Å². The summed E-state index contributed by atoms with van der Waals surface area (Å²) in [6, 6.07) is 5.69. The maximum absolute atomic E-state index is 11.6. The molecule has 12 heteroatoms. The van der Waals surface area contributed by atoms with E-state index in [1.165, 1.54) is 47.8 Å². The van der Waals surface area contributed by atoms with Crippen molar-refractivity contribution >= 4 is 86.2 Å². The highest BCUT2D eigenvalue weighted by atomic mass is 35.7. The topological polar surface area (TPSA) is 68.3 Å². The fraction of sp³-hybridized carbons (Fsp3) is 0. The number of hydrogen-bond acceptors (Lipinski definition) is 6. The molecule has 0 fully saturated rings. The average molecular weight is 482 g/mol. The van der Waals surface area contributed by atoms with Gasteiger partial charge in [0, 0.05) is 40.9 Å². The Morgan fingerprint density at radius 3 is 1.21 bits per heavy atom. The lowest BCUT2D eigenvalue weighted by atomic mass is 10.3. The van der Waals surface area contributed by atoms with Crippen LogP contribution in [0, 0.1) is 0 Å². The third kappa shape index (κ3) is 3.66. The minimum Gasteiger partial charge on any atom is -0.207 e. The van der Waals surface area contributed by atoms with Gasteiger partial charge in [0.25, 0.3) is 18.1 Å². The van der Waals surface area contributed by atoms with Crippen molar-refractivity contribution in [2.75, 3.05) is 0 Å². The number of benzene rings is 2. The Kier molecular flexibility index (Phi) is 5.08. The fourth-order valence-corrected chi connectivity index (χ4v) is 7.60. The molecule has 2 aromatic carbocycles. The number of hydrogen-bond donors (Lipinski definition) is 0. The van der Waals surface area contributed by atoms with Crippen molar-refractivity contribution in [2.24, 2.45) is 0 Å². The molecule has 2 aromatic rings. The summed E-state index contributed by atoms with van der Waals surface area (Å²) in [5, 5.41) is -0.0288. The Bertz CT molecular complexity index is 993. The second-order valence-corrected chi connectivity index (χ2v) is 12.6. The summed E-state index contributed by atoms with van der Waals surface area (Å²) in [5.74, 6) is 0. The zero-order chi connectivity index (χ0) is 17.9. The van der Waals surface area contributed by atoms with Crippen LogP contribution in [0.4, 0.5) is 0 Å². The molecule has 0 aromatic heterocycles. The molecule has 0 N–H and O–H groups in total. The minimum absolute atomic E-state index is 0.0144. The first-order valence-corrected chi connectivity index (χ1v) is 12.9. The third-order valence-corrected chi connectivity index (χ3v) is 9.02. The maximum Gasteiger partial charge on any atom is 0.262 e. The maximum atomic E-state index is 11.6. The molecular weight excluding hydrogens is 478 g/mol. The molecule has 24 heavy (non-hydrogen) atoms. The van der Waals surface area contributed by atoms with Gasteiger partial charge in [0.05, 0.1) is 10.0 Å². The van der Waals surface area contributed by atoms with Crippen LogP contribution in [0.25, 0.3) is 0 Å². The van der Waals surface area contributed by atoms with Crippen LogP contribution in [0.2, 0.25) is 10.0 Å². The summed E-state index contributed by atoms with van der Waals surface area (Å²) in [6.45, 7) is 0. The third-order valence-electron chi connectivity index (χ3n) is 2.96. The van der Waals surface area contributed by atoms with E-state index in [4.69, 9.17) is 44.6 Å².